The number of hydrogen-bond donors (Lipinski definition) is 2. The van der Waals surface area contributed by atoms with E-state index in [2.05, 4.69) is 26.0 Å². The third kappa shape index (κ3) is 7.81. The zero-order valence-electron chi connectivity index (χ0n) is 13.6. The molecule has 1 aromatic carbocycles. The van der Waals surface area contributed by atoms with E-state index < -0.39 is 21.7 Å². The lowest BCUT2D eigenvalue weighted by Gasteiger charge is -2.19. The van der Waals surface area contributed by atoms with Crippen LogP contribution in [0.3, 0.4) is 0 Å². The Bertz CT molecular complexity index is 609. The fourth-order valence-electron chi connectivity index (χ4n) is 1.64. The number of sulfonamides is 1. The molecule has 0 atom stereocenters. The van der Waals surface area contributed by atoms with Gasteiger partial charge >= 0.3 is 6.09 Å². The van der Waals surface area contributed by atoms with Gasteiger partial charge in [0, 0.05) is 18.4 Å². The van der Waals surface area contributed by atoms with Crippen LogP contribution < -0.4 is 10.0 Å². The first-order chi connectivity index (χ1) is 10.6. The summed E-state index contributed by atoms with van der Waals surface area (Å²) in [6.45, 7) is 5.91. The second-order valence-electron chi connectivity index (χ2n) is 5.96. The molecule has 0 aliphatic heterocycles. The van der Waals surface area contributed by atoms with E-state index in [9.17, 15) is 13.2 Å². The van der Waals surface area contributed by atoms with Crippen LogP contribution >= 0.6 is 15.9 Å². The Kier molecular flexibility index (Phi) is 7.50. The number of ether oxygens (including phenoxy) is 1. The maximum Gasteiger partial charge on any atom is 0.407 e. The molecule has 0 saturated carbocycles. The Morgan fingerprint density at radius 1 is 1.17 bits per heavy atom. The molecule has 0 bridgehead atoms. The van der Waals surface area contributed by atoms with E-state index in [1.165, 1.54) is 0 Å². The Balaban J connectivity index is 2.35. The molecule has 1 rings (SSSR count). The van der Waals surface area contributed by atoms with Gasteiger partial charge in [-0.25, -0.2) is 17.9 Å². The van der Waals surface area contributed by atoms with E-state index in [4.69, 9.17) is 4.74 Å². The molecular weight excluding hydrogens is 384 g/mol. The van der Waals surface area contributed by atoms with E-state index in [-0.39, 0.29) is 11.4 Å². The minimum atomic E-state index is -3.52. The molecule has 0 saturated heterocycles. The SMILES string of the molecule is CC(C)(C)OC(=O)NCCCNS(=O)(=O)c1ccc(CBr)cc1. The van der Waals surface area contributed by atoms with Crippen molar-refractivity contribution >= 4 is 32.0 Å². The van der Waals surface area contributed by atoms with Crippen LogP contribution in [0.15, 0.2) is 29.2 Å². The first-order valence-electron chi connectivity index (χ1n) is 7.25. The topological polar surface area (TPSA) is 84.5 Å². The number of alkyl carbamates (subject to hydrolysis) is 1. The molecule has 0 fully saturated rings. The highest BCUT2D eigenvalue weighted by Crippen LogP contribution is 2.12. The Labute approximate surface area is 146 Å². The highest BCUT2D eigenvalue weighted by molar-refractivity contribution is 9.08. The van der Waals surface area contributed by atoms with Gasteiger partial charge in [0.25, 0.3) is 0 Å². The summed E-state index contributed by atoms with van der Waals surface area (Å²) in [7, 11) is -3.52. The highest BCUT2D eigenvalue weighted by atomic mass is 79.9. The van der Waals surface area contributed by atoms with Crippen LogP contribution in [-0.4, -0.2) is 33.2 Å². The molecule has 0 spiro atoms. The zero-order chi connectivity index (χ0) is 17.5. The fourth-order valence-corrected chi connectivity index (χ4v) is 3.09. The van der Waals surface area contributed by atoms with Gasteiger partial charge in [-0.05, 0) is 44.9 Å². The lowest BCUT2D eigenvalue weighted by atomic mass is 10.2. The lowest BCUT2D eigenvalue weighted by Crippen LogP contribution is -2.34. The normalized spacial score (nSPS) is 12.0. The summed E-state index contributed by atoms with van der Waals surface area (Å²) in [6, 6.07) is 6.65. The second-order valence-corrected chi connectivity index (χ2v) is 8.29. The molecule has 0 aromatic heterocycles. The van der Waals surface area contributed by atoms with E-state index in [1.807, 2.05) is 0 Å². The number of amides is 1. The van der Waals surface area contributed by atoms with Gasteiger partial charge in [0.1, 0.15) is 5.60 Å². The average molecular weight is 407 g/mol. The molecule has 130 valence electrons. The van der Waals surface area contributed by atoms with Crippen LogP contribution in [0.4, 0.5) is 4.79 Å². The van der Waals surface area contributed by atoms with Crippen molar-refractivity contribution < 1.29 is 17.9 Å². The van der Waals surface area contributed by atoms with Crippen LogP contribution in [-0.2, 0) is 20.1 Å². The summed E-state index contributed by atoms with van der Waals surface area (Å²) >= 11 is 3.31. The van der Waals surface area contributed by atoms with Crippen molar-refractivity contribution in [3.05, 3.63) is 29.8 Å². The summed E-state index contributed by atoms with van der Waals surface area (Å²) in [4.78, 5) is 11.6. The monoisotopic (exact) mass is 406 g/mol. The van der Waals surface area contributed by atoms with Crippen molar-refractivity contribution in [3.63, 3.8) is 0 Å². The van der Waals surface area contributed by atoms with Gasteiger partial charge in [0.15, 0.2) is 0 Å². The minimum Gasteiger partial charge on any atom is -0.444 e. The maximum absolute atomic E-state index is 12.1. The third-order valence-corrected chi connectivity index (χ3v) is 4.83. The number of halogens is 1. The van der Waals surface area contributed by atoms with E-state index >= 15 is 0 Å². The maximum atomic E-state index is 12.1. The average Bonchev–Trinajstić information content (AvgIpc) is 2.45. The first-order valence-corrected chi connectivity index (χ1v) is 9.86. The van der Waals surface area contributed by atoms with Gasteiger partial charge in [-0.2, -0.15) is 0 Å². The molecule has 0 aliphatic rings. The van der Waals surface area contributed by atoms with Gasteiger partial charge in [-0.1, -0.05) is 28.1 Å². The molecular formula is C15H23BrN2O4S. The summed E-state index contributed by atoms with van der Waals surface area (Å²) < 4.78 is 31.8. The van der Waals surface area contributed by atoms with E-state index in [0.717, 1.165) is 5.56 Å². The zero-order valence-corrected chi connectivity index (χ0v) is 16.0. The number of hydrogen-bond acceptors (Lipinski definition) is 4. The number of benzene rings is 1. The van der Waals surface area contributed by atoms with Crippen LogP contribution in [0.1, 0.15) is 32.8 Å². The van der Waals surface area contributed by atoms with Gasteiger partial charge in [0.2, 0.25) is 10.0 Å². The Morgan fingerprint density at radius 2 is 1.78 bits per heavy atom. The van der Waals surface area contributed by atoms with Crippen molar-refractivity contribution in [2.75, 3.05) is 13.1 Å². The molecule has 2 N–H and O–H groups in total. The largest absolute Gasteiger partial charge is 0.444 e. The highest BCUT2D eigenvalue weighted by Gasteiger charge is 2.16. The molecule has 8 heteroatoms. The molecule has 0 heterocycles. The number of nitrogens with one attached hydrogen (secondary N) is 2. The molecule has 1 amide bonds. The van der Waals surface area contributed by atoms with Crippen LogP contribution in [0.25, 0.3) is 0 Å². The molecule has 6 nitrogen and oxygen atoms in total. The molecule has 23 heavy (non-hydrogen) atoms. The smallest absolute Gasteiger partial charge is 0.407 e. The third-order valence-electron chi connectivity index (χ3n) is 2.70. The van der Waals surface area contributed by atoms with Crippen molar-refractivity contribution in [3.8, 4) is 0 Å². The van der Waals surface area contributed by atoms with Gasteiger partial charge < -0.3 is 10.1 Å². The fraction of sp³-hybridized carbons (Fsp3) is 0.533. The Morgan fingerprint density at radius 3 is 2.30 bits per heavy atom. The minimum absolute atomic E-state index is 0.224. The number of carbonyl (C=O) groups is 1. The number of carbonyl (C=O) groups excluding carboxylic acids is 1. The molecule has 0 radical (unpaired) electrons. The number of alkyl halides is 1. The molecule has 1 aromatic rings. The lowest BCUT2D eigenvalue weighted by molar-refractivity contribution is 0.0527. The predicted molar refractivity (Wildman–Crippen MR) is 93.1 cm³/mol. The van der Waals surface area contributed by atoms with Gasteiger partial charge in [0.05, 0.1) is 4.90 Å². The van der Waals surface area contributed by atoms with Gasteiger partial charge in [-0.3, -0.25) is 0 Å². The van der Waals surface area contributed by atoms with Crippen LogP contribution in [0, 0.1) is 0 Å². The standard InChI is InChI=1S/C15H23BrN2O4S/c1-15(2,3)22-14(19)17-9-4-10-18-23(20,21)13-7-5-12(11-16)6-8-13/h5-8,18H,4,9-11H2,1-3H3,(H,17,19). The van der Waals surface area contributed by atoms with Crippen molar-refractivity contribution in [1.29, 1.82) is 0 Å². The van der Waals surface area contributed by atoms with Crippen LogP contribution in [0.5, 0.6) is 0 Å². The second kappa shape index (κ2) is 8.65. The first kappa shape index (κ1) is 19.9. The van der Waals surface area contributed by atoms with Gasteiger partial charge in [-0.15, -0.1) is 0 Å². The molecule has 0 unspecified atom stereocenters. The van der Waals surface area contributed by atoms with Crippen molar-refractivity contribution in [1.82, 2.24) is 10.0 Å². The predicted octanol–water partition coefficient (Wildman–Crippen LogP) is 2.77. The summed E-state index contributed by atoms with van der Waals surface area (Å²) in [5, 5.41) is 3.26. The summed E-state index contributed by atoms with van der Waals surface area (Å²) in [6.07, 6.45) is -0.0384. The number of rotatable bonds is 7. The molecule has 0 aliphatic carbocycles. The van der Waals surface area contributed by atoms with E-state index in [1.54, 1.807) is 45.0 Å². The van der Waals surface area contributed by atoms with Crippen molar-refractivity contribution in [2.24, 2.45) is 0 Å². The quantitative estimate of drug-likeness (QED) is 0.538. The summed E-state index contributed by atoms with van der Waals surface area (Å²) in [5.41, 5.74) is 0.456. The Hall–Kier alpha value is -1.12. The van der Waals surface area contributed by atoms with E-state index in [0.29, 0.717) is 18.3 Å². The van der Waals surface area contributed by atoms with Crippen molar-refractivity contribution in [2.45, 2.75) is 43.0 Å². The van der Waals surface area contributed by atoms with Crippen LogP contribution in [0.2, 0.25) is 0 Å². The summed E-state index contributed by atoms with van der Waals surface area (Å²) in [5.74, 6) is 0.